The summed E-state index contributed by atoms with van der Waals surface area (Å²) < 4.78 is 12.5. The highest BCUT2D eigenvalue weighted by molar-refractivity contribution is 7.18. The molecule has 0 aromatic carbocycles. The van der Waals surface area contributed by atoms with Crippen molar-refractivity contribution >= 4 is 39.1 Å². The van der Waals surface area contributed by atoms with Crippen LogP contribution in [0.5, 0.6) is 0 Å². The highest BCUT2D eigenvalue weighted by atomic mass is 32.1. The number of methoxy groups -OCH3 is 1. The van der Waals surface area contributed by atoms with E-state index in [4.69, 9.17) is 24.4 Å². The highest BCUT2D eigenvalue weighted by Gasteiger charge is 2.27. The molecule has 1 saturated heterocycles. The monoisotopic (exact) mass is 486 g/mol. The van der Waals surface area contributed by atoms with Gasteiger partial charge in [0.05, 0.1) is 43.3 Å². The van der Waals surface area contributed by atoms with Crippen LogP contribution in [0.2, 0.25) is 0 Å². The van der Waals surface area contributed by atoms with Crippen molar-refractivity contribution < 1.29 is 9.47 Å². The Kier molecular flexibility index (Phi) is 7.53. The molecule has 2 N–H and O–H groups in total. The minimum atomic E-state index is 0.395. The van der Waals surface area contributed by atoms with E-state index in [1.165, 1.54) is 12.8 Å². The molecule has 3 aromatic heterocycles. The first-order chi connectivity index (χ1) is 16.7. The number of nitrogens with one attached hydrogen (secondary N) is 2. The van der Waals surface area contributed by atoms with Crippen molar-refractivity contribution in [2.24, 2.45) is 0 Å². The van der Waals surface area contributed by atoms with Crippen molar-refractivity contribution in [1.29, 1.82) is 0 Å². The third kappa shape index (κ3) is 5.48. The van der Waals surface area contributed by atoms with Gasteiger partial charge in [0, 0.05) is 38.5 Å². The van der Waals surface area contributed by atoms with E-state index in [1.54, 1.807) is 24.6 Å². The van der Waals surface area contributed by atoms with Crippen LogP contribution >= 0.6 is 11.3 Å². The normalized spacial score (nSPS) is 21.7. The molecular weight excluding hydrogens is 452 g/mol. The molecule has 0 atom stereocenters. The number of anilines is 3. The fourth-order valence-electron chi connectivity index (χ4n) is 4.76. The second-order valence-electron chi connectivity index (χ2n) is 8.92. The van der Waals surface area contributed by atoms with Gasteiger partial charge in [-0.2, -0.15) is 15.1 Å². The summed E-state index contributed by atoms with van der Waals surface area (Å²) in [4.78, 5) is 17.9. The Morgan fingerprint density at radius 3 is 2.74 bits per heavy atom. The molecule has 1 saturated carbocycles. The Balaban J connectivity index is 1.30. The Bertz CT molecular complexity index is 1070. The fraction of sp³-hybridized carbons (Fsp3) is 0.652. The molecule has 1 aliphatic heterocycles. The molecule has 3 aromatic rings. The number of rotatable bonds is 9. The van der Waals surface area contributed by atoms with Gasteiger partial charge < -0.3 is 20.1 Å². The Morgan fingerprint density at radius 1 is 1.15 bits per heavy atom. The summed E-state index contributed by atoms with van der Waals surface area (Å²) in [6.07, 6.45) is 9.29. The predicted octanol–water partition coefficient (Wildman–Crippen LogP) is 3.29. The van der Waals surface area contributed by atoms with Crippen molar-refractivity contribution in [3.63, 3.8) is 0 Å². The molecule has 2 aliphatic rings. The second kappa shape index (κ2) is 10.9. The van der Waals surface area contributed by atoms with Gasteiger partial charge in [-0.25, -0.2) is 4.98 Å². The molecule has 0 radical (unpaired) electrons. The zero-order valence-corrected chi connectivity index (χ0v) is 20.8. The van der Waals surface area contributed by atoms with Crippen LogP contribution in [0.25, 0.3) is 10.3 Å². The standard InChI is InChI=1S/C23H34N8O2S/c1-3-19-27-20-21(25-16-4-6-18(7-5-16)30-8-12-33-13-9-30)28-23(29-22(20)34-19)26-17-14-24-31(15-17)10-11-32-2/h14-16,18H,3-13H2,1-2H3,(H2,25,26,28,29)/t16-,18-. The molecule has 0 spiro atoms. The summed E-state index contributed by atoms with van der Waals surface area (Å²) in [5, 5.41) is 12.5. The summed E-state index contributed by atoms with van der Waals surface area (Å²) in [5.74, 6) is 1.39. The average Bonchev–Trinajstić information content (AvgIpc) is 3.50. The maximum absolute atomic E-state index is 5.52. The second-order valence-corrected chi connectivity index (χ2v) is 9.98. The van der Waals surface area contributed by atoms with Crippen molar-refractivity contribution in [2.75, 3.05) is 50.7 Å². The Hall–Kier alpha value is -2.34. The lowest BCUT2D eigenvalue weighted by Crippen LogP contribution is -2.46. The minimum absolute atomic E-state index is 0.395. The zero-order chi connectivity index (χ0) is 23.3. The summed E-state index contributed by atoms with van der Waals surface area (Å²) in [7, 11) is 1.69. The van der Waals surface area contributed by atoms with Crippen LogP contribution in [0.3, 0.4) is 0 Å². The summed E-state index contributed by atoms with van der Waals surface area (Å²) >= 11 is 1.64. The van der Waals surface area contributed by atoms with Crippen molar-refractivity contribution in [1.82, 2.24) is 29.6 Å². The van der Waals surface area contributed by atoms with E-state index in [0.29, 0.717) is 31.2 Å². The number of ether oxygens (including phenoxy) is 2. The van der Waals surface area contributed by atoms with Crippen molar-refractivity contribution in [3.8, 4) is 0 Å². The predicted molar refractivity (Wildman–Crippen MR) is 134 cm³/mol. The van der Waals surface area contributed by atoms with Crippen molar-refractivity contribution in [3.05, 3.63) is 17.4 Å². The van der Waals surface area contributed by atoms with E-state index in [9.17, 15) is 0 Å². The topological polar surface area (TPSA) is 102 Å². The van der Waals surface area contributed by atoms with Gasteiger partial charge in [-0.1, -0.05) is 18.3 Å². The lowest BCUT2D eigenvalue weighted by molar-refractivity contribution is 0.00791. The smallest absolute Gasteiger partial charge is 0.230 e. The van der Waals surface area contributed by atoms with Gasteiger partial charge in [0.1, 0.15) is 5.52 Å². The number of morpholine rings is 1. The van der Waals surface area contributed by atoms with Crippen LogP contribution < -0.4 is 10.6 Å². The molecule has 11 heteroatoms. The third-order valence-corrected chi connectivity index (χ3v) is 7.71. The van der Waals surface area contributed by atoms with E-state index in [2.05, 4.69) is 27.6 Å². The van der Waals surface area contributed by atoms with Gasteiger partial charge in [0.2, 0.25) is 5.95 Å². The Labute approximate surface area is 204 Å². The van der Waals surface area contributed by atoms with Crippen LogP contribution in [0.15, 0.2) is 12.4 Å². The average molecular weight is 487 g/mol. The fourth-order valence-corrected chi connectivity index (χ4v) is 5.63. The van der Waals surface area contributed by atoms with E-state index in [-0.39, 0.29) is 0 Å². The largest absolute Gasteiger partial charge is 0.383 e. The Morgan fingerprint density at radius 2 is 1.97 bits per heavy atom. The molecular formula is C23H34N8O2S. The summed E-state index contributed by atoms with van der Waals surface area (Å²) in [6.45, 7) is 7.29. The molecule has 0 unspecified atom stereocenters. The van der Waals surface area contributed by atoms with E-state index < -0.39 is 0 Å². The highest BCUT2D eigenvalue weighted by Crippen LogP contribution is 2.31. The van der Waals surface area contributed by atoms with Crippen LogP contribution in [-0.4, -0.2) is 81.7 Å². The number of aromatic nitrogens is 5. The number of thiazole rings is 1. The van der Waals surface area contributed by atoms with Gasteiger partial charge in [0.15, 0.2) is 10.6 Å². The lowest BCUT2D eigenvalue weighted by Gasteiger charge is -2.39. The molecule has 0 amide bonds. The zero-order valence-electron chi connectivity index (χ0n) is 20.0. The molecule has 2 fully saturated rings. The van der Waals surface area contributed by atoms with Gasteiger partial charge in [-0.05, 0) is 32.1 Å². The first-order valence-corrected chi connectivity index (χ1v) is 13.1. The lowest BCUT2D eigenvalue weighted by atomic mass is 9.90. The molecule has 184 valence electrons. The number of hydrogen-bond donors (Lipinski definition) is 2. The van der Waals surface area contributed by atoms with Crippen LogP contribution in [0.4, 0.5) is 17.5 Å². The summed E-state index contributed by atoms with van der Waals surface area (Å²) in [6, 6.07) is 1.07. The first-order valence-electron chi connectivity index (χ1n) is 12.3. The molecule has 34 heavy (non-hydrogen) atoms. The maximum atomic E-state index is 5.52. The SMILES string of the molecule is CCc1nc2c(N[C@H]3CC[C@H](N4CCOCC4)CC3)nc(Nc3cnn(CCOC)c3)nc2s1. The van der Waals surface area contributed by atoms with Crippen LogP contribution in [0, 0.1) is 0 Å². The molecule has 0 bridgehead atoms. The van der Waals surface area contributed by atoms with Crippen LogP contribution in [-0.2, 0) is 22.4 Å². The molecule has 1 aliphatic carbocycles. The van der Waals surface area contributed by atoms with Crippen LogP contribution in [0.1, 0.15) is 37.6 Å². The summed E-state index contributed by atoms with van der Waals surface area (Å²) in [5.41, 5.74) is 1.73. The van der Waals surface area contributed by atoms with Gasteiger partial charge in [-0.3, -0.25) is 9.58 Å². The first kappa shape index (κ1) is 23.4. The van der Waals surface area contributed by atoms with Gasteiger partial charge >= 0.3 is 0 Å². The molecule has 5 rings (SSSR count). The van der Waals surface area contributed by atoms with Crippen molar-refractivity contribution in [2.45, 2.75) is 57.7 Å². The van der Waals surface area contributed by atoms with Gasteiger partial charge in [-0.15, -0.1) is 0 Å². The minimum Gasteiger partial charge on any atom is -0.383 e. The maximum Gasteiger partial charge on any atom is 0.230 e. The number of fused-ring (bicyclic) bond motifs is 1. The molecule has 4 heterocycles. The van der Waals surface area contributed by atoms with E-state index in [0.717, 1.165) is 72.4 Å². The van der Waals surface area contributed by atoms with E-state index in [1.807, 2.05) is 10.9 Å². The van der Waals surface area contributed by atoms with E-state index >= 15 is 0 Å². The number of nitrogens with zero attached hydrogens (tertiary/aromatic N) is 6. The number of aryl methyl sites for hydroxylation is 1. The third-order valence-electron chi connectivity index (χ3n) is 6.62. The quantitative estimate of drug-likeness (QED) is 0.472. The molecule has 10 nitrogen and oxygen atoms in total. The van der Waals surface area contributed by atoms with Gasteiger partial charge in [0.25, 0.3) is 0 Å². The number of hydrogen-bond acceptors (Lipinski definition) is 10.